The molecule has 0 unspecified atom stereocenters. The molecule has 0 aromatic carbocycles. The number of nitrogens with zero attached hydrogens (tertiary/aromatic N) is 3. The van der Waals surface area contributed by atoms with E-state index in [4.69, 9.17) is 4.74 Å². The van der Waals surface area contributed by atoms with Crippen LogP contribution in [0.25, 0.3) is 0 Å². The van der Waals surface area contributed by atoms with Gasteiger partial charge in [0.2, 0.25) is 0 Å². The highest BCUT2D eigenvalue weighted by Gasteiger charge is 2.28. The van der Waals surface area contributed by atoms with Gasteiger partial charge in [-0.1, -0.05) is 6.92 Å². The van der Waals surface area contributed by atoms with Crippen molar-refractivity contribution in [1.29, 1.82) is 0 Å². The summed E-state index contributed by atoms with van der Waals surface area (Å²) in [5, 5.41) is 0. The maximum atomic E-state index is 13.0. The van der Waals surface area contributed by atoms with E-state index in [1.54, 1.807) is 11.3 Å². The Kier molecular flexibility index (Phi) is 4.41. The fourth-order valence-electron chi connectivity index (χ4n) is 3.72. The monoisotopic (exact) mass is 345 g/mol. The molecule has 0 N–H and O–H groups in total. The van der Waals surface area contributed by atoms with E-state index in [2.05, 4.69) is 22.7 Å². The Labute approximate surface area is 146 Å². The van der Waals surface area contributed by atoms with Gasteiger partial charge < -0.3 is 14.2 Å². The second-order valence-corrected chi connectivity index (χ2v) is 7.65. The van der Waals surface area contributed by atoms with Gasteiger partial charge in [-0.05, 0) is 24.5 Å². The van der Waals surface area contributed by atoms with Gasteiger partial charge in [-0.2, -0.15) is 0 Å². The molecule has 1 amide bonds. The molecule has 5 nitrogen and oxygen atoms in total. The number of ether oxygens (including phenoxy) is 1. The molecule has 2 aliphatic rings. The molecule has 24 heavy (non-hydrogen) atoms. The van der Waals surface area contributed by atoms with Gasteiger partial charge >= 0.3 is 0 Å². The number of rotatable bonds is 3. The molecule has 2 aromatic heterocycles. The molecule has 0 saturated carbocycles. The van der Waals surface area contributed by atoms with Crippen molar-refractivity contribution in [3.8, 4) is 0 Å². The smallest absolute Gasteiger partial charge is 0.264 e. The van der Waals surface area contributed by atoms with E-state index in [0.29, 0.717) is 12.6 Å². The van der Waals surface area contributed by atoms with Crippen LogP contribution >= 0.6 is 11.3 Å². The Morgan fingerprint density at radius 1 is 1.50 bits per heavy atom. The van der Waals surface area contributed by atoms with Gasteiger partial charge in [-0.15, -0.1) is 11.3 Å². The molecule has 4 heterocycles. The third kappa shape index (κ3) is 2.89. The third-order valence-electron chi connectivity index (χ3n) is 4.98. The number of carbonyl (C=O) groups is 1. The Morgan fingerprint density at radius 2 is 2.42 bits per heavy atom. The van der Waals surface area contributed by atoms with Crippen LogP contribution in [-0.2, 0) is 24.2 Å². The maximum Gasteiger partial charge on any atom is 0.264 e. The molecule has 1 fully saturated rings. The quantitative estimate of drug-likeness (QED) is 0.859. The van der Waals surface area contributed by atoms with Crippen LogP contribution < -0.4 is 0 Å². The zero-order chi connectivity index (χ0) is 16.5. The minimum absolute atomic E-state index is 0.178. The second kappa shape index (κ2) is 6.69. The van der Waals surface area contributed by atoms with E-state index in [9.17, 15) is 4.79 Å². The van der Waals surface area contributed by atoms with Crippen molar-refractivity contribution in [2.75, 3.05) is 19.7 Å². The van der Waals surface area contributed by atoms with Crippen molar-refractivity contribution in [3.63, 3.8) is 0 Å². The Morgan fingerprint density at radius 3 is 3.25 bits per heavy atom. The van der Waals surface area contributed by atoms with E-state index in [0.717, 1.165) is 56.1 Å². The minimum atomic E-state index is 0.178. The molecule has 1 atom stereocenters. The molecule has 0 spiro atoms. The number of thiophene rings is 1. The number of imidazole rings is 1. The number of hydrogen-bond donors (Lipinski definition) is 0. The van der Waals surface area contributed by atoms with Crippen LogP contribution in [0.2, 0.25) is 0 Å². The summed E-state index contributed by atoms with van der Waals surface area (Å²) >= 11 is 1.65. The SMILES string of the molecule is CCc1nccn1[C@@H]1CCCN(C(=O)c2cc3c(s2)CCOC3)C1. The predicted octanol–water partition coefficient (Wildman–Crippen LogP) is 3.06. The van der Waals surface area contributed by atoms with Crippen molar-refractivity contribution in [2.24, 2.45) is 0 Å². The lowest BCUT2D eigenvalue weighted by Gasteiger charge is -2.33. The van der Waals surface area contributed by atoms with E-state index < -0.39 is 0 Å². The minimum Gasteiger partial charge on any atom is -0.376 e. The molecule has 2 aromatic rings. The van der Waals surface area contributed by atoms with Crippen LogP contribution in [0, 0.1) is 0 Å². The van der Waals surface area contributed by atoms with Gasteiger partial charge in [0.25, 0.3) is 5.91 Å². The lowest BCUT2D eigenvalue weighted by Crippen LogP contribution is -2.40. The van der Waals surface area contributed by atoms with Crippen LogP contribution in [0.3, 0.4) is 0 Å². The summed E-state index contributed by atoms with van der Waals surface area (Å²) in [5.74, 6) is 1.29. The van der Waals surface area contributed by atoms with Gasteiger partial charge in [-0.25, -0.2) is 4.98 Å². The molecule has 6 heteroatoms. The lowest BCUT2D eigenvalue weighted by molar-refractivity contribution is 0.0682. The highest BCUT2D eigenvalue weighted by molar-refractivity contribution is 7.14. The number of likely N-dealkylation sites (tertiary alicyclic amines) is 1. The van der Waals surface area contributed by atoms with Crippen molar-refractivity contribution < 1.29 is 9.53 Å². The molecule has 0 aliphatic carbocycles. The number of aryl methyl sites for hydroxylation is 1. The summed E-state index contributed by atoms with van der Waals surface area (Å²) in [7, 11) is 0. The van der Waals surface area contributed by atoms with Gasteiger partial charge in [0.05, 0.1) is 24.1 Å². The predicted molar refractivity (Wildman–Crippen MR) is 93.5 cm³/mol. The Balaban J connectivity index is 1.51. The van der Waals surface area contributed by atoms with Gasteiger partial charge in [0, 0.05) is 43.2 Å². The molecule has 1 saturated heterocycles. The summed E-state index contributed by atoms with van der Waals surface area (Å²) in [6.07, 6.45) is 7.94. The van der Waals surface area contributed by atoms with Crippen molar-refractivity contribution in [1.82, 2.24) is 14.5 Å². The van der Waals surface area contributed by atoms with Crippen LogP contribution in [0.1, 0.15) is 51.7 Å². The normalized spacial score (nSPS) is 20.9. The van der Waals surface area contributed by atoms with Crippen molar-refractivity contribution >= 4 is 17.2 Å². The van der Waals surface area contributed by atoms with E-state index in [1.165, 1.54) is 10.4 Å². The molecular weight excluding hydrogens is 322 g/mol. The van der Waals surface area contributed by atoms with E-state index in [-0.39, 0.29) is 5.91 Å². The molecule has 128 valence electrons. The van der Waals surface area contributed by atoms with Gasteiger partial charge in [-0.3, -0.25) is 4.79 Å². The second-order valence-electron chi connectivity index (χ2n) is 6.51. The number of amides is 1. The Hall–Kier alpha value is -1.66. The molecule has 0 radical (unpaired) electrons. The van der Waals surface area contributed by atoms with Gasteiger partial charge in [0.15, 0.2) is 0 Å². The first-order valence-corrected chi connectivity index (χ1v) is 9.58. The maximum absolute atomic E-state index is 13.0. The summed E-state index contributed by atoms with van der Waals surface area (Å²) in [5.41, 5.74) is 1.20. The first kappa shape index (κ1) is 15.8. The number of hydrogen-bond acceptors (Lipinski definition) is 4. The largest absolute Gasteiger partial charge is 0.376 e. The van der Waals surface area contributed by atoms with Crippen molar-refractivity contribution in [3.05, 3.63) is 39.6 Å². The van der Waals surface area contributed by atoms with Crippen LogP contribution in [0.5, 0.6) is 0 Å². The number of piperidine rings is 1. The van der Waals surface area contributed by atoms with E-state index >= 15 is 0 Å². The van der Waals surface area contributed by atoms with Crippen LogP contribution in [-0.4, -0.2) is 40.1 Å². The Bertz CT molecular complexity index is 713. The summed E-state index contributed by atoms with van der Waals surface area (Å²) < 4.78 is 7.75. The average Bonchev–Trinajstić information content (AvgIpc) is 3.27. The molecule has 0 bridgehead atoms. The van der Waals surface area contributed by atoms with Crippen molar-refractivity contribution in [2.45, 2.75) is 45.3 Å². The fraction of sp³-hybridized carbons (Fsp3) is 0.556. The molecule has 4 rings (SSSR count). The standard InChI is InChI=1S/C18H23N3O2S/c1-2-17-19-6-8-21(17)14-4-3-7-20(11-14)18(22)16-10-13-12-23-9-5-15(13)24-16/h6,8,10,14H,2-5,7,9,11-12H2,1H3/t14-/m1/s1. The summed E-state index contributed by atoms with van der Waals surface area (Å²) in [6, 6.07) is 2.39. The lowest BCUT2D eigenvalue weighted by atomic mass is 10.0. The third-order valence-corrected chi connectivity index (χ3v) is 6.21. The van der Waals surface area contributed by atoms with E-state index in [1.807, 2.05) is 17.2 Å². The molecule has 2 aliphatic heterocycles. The first-order chi connectivity index (χ1) is 11.8. The average molecular weight is 345 g/mol. The van der Waals surface area contributed by atoms with Crippen LogP contribution in [0.4, 0.5) is 0 Å². The van der Waals surface area contributed by atoms with Crippen LogP contribution in [0.15, 0.2) is 18.5 Å². The highest BCUT2D eigenvalue weighted by atomic mass is 32.1. The zero-order valence-electron chi connectivity index (χ0n) is 14.0. The number of aromatic nitrogens is 2. The summed E-state index contributed by atoms with van der Waals surface area (Å²) in [4.78, 5) is 21.6. The topological polar surface area (TPSA) is 47.4 Å². The fourth-order valence-corrected chi connectivity index (χ4v) is 4.84. The first-order valence-electron chi connectivity index (χ1n) is 8.76. The highest BCUT2D eigenvalue weighted by Crippen LogP contribution is 2.30. The molecular formula is C18H23N3O2S. The zero-order valence-corrected chi connectivity index (χ0v) is 14.8. The summed E-state index contributed by atoms with van der Waals surface area (Å²) in [6.45, 7) is 5.18. The van der Waals surface area contributed by atoms with Gasteiger partial charge in [0.1, 0.15) is 5.82 Å². The number of fused-ring (bicyclic) bond motifs is 1. The number of carbonyl (C=O) groups excluding carboxylic acids is 1.